The van der Waals surface area contributed by atoms with Crippen LogP contribution >= 0.6 is 0 Å². The van der Waals surface area contributed by atoms with E-state index in [0.717, 1.165) is 30.2 Å². The monoisotopic (exact) mass is 332 g/mol. The molecule has 0 N–H and O–H groups in total. The smallest absolute Gasteiger partial charge is 0.231 e. The lowest BCUT2D eigenvalue weighted by molar-refractivity contribution is 0.174. The molecule has 2 aromatic carbocycles. The summed E-state index contributed by atoms with van der Waals surface area (Å²) >= 11 is 0. The van der Waals surface area contributed by atoms with Crippen molar-refractivity contribution in [2.24, 2.45) is 0 Å². The van der Waals surface area contributed by atoms with E-state index in [1.807, 2.05) is 24.4 Å². The van der Waals surface area contributed by atoms with Crippen LogP contribution in [0.2, 0.25) is 0 Å². The molecule has 0 radical (unpaired) electrons. The Kier molecular flexibility index (Phi) is 4.36. The molecular formula is C21H20N2O2. The minimum atomic E-state index is 0.304. The fourth-order valence-electron chi connectivity index (χ4n) is 3.10. The van der Waals surface area contributed by atoms with Gasteiger partial charge in [-0.1, -0.05) is 30.3 Å². The Morgan fingerprint density at radius 3 is 2.56 bits per heavy atom. The first-order chi connectivity index (χ1) is 12.3. The van der Waals surface area contributed by atoms with Crippen LogP contribution in [0.25, 0.3) is 11.1 Å². The van der Waals surface area contributed by atoms with Crippen LogP contribution in [0.1, 0.15) is 11.1 Å². The number of hydrogen-bond donors (Lipinski definition) is 0. The topological polar surface area (TPSA) is 34.6 Å². The van der Waals surface area contributed by atoms with Gasteiger partial charge >= 0.3 is 0 Å². The van der Waals surface area contributed by atoms with Gasteiger partial charge in [-0.2, -0.15) is 0 Å². The van der Waals surface area contributed by atoms with Crippen LogP contribution in [0, 0.1) is 0 Å². The highest BCUT2D eigenvalue weighted by Crippen LogP contribution is 2.36. The van der Waals surface area contributed by atoms with Crippen LogP contribution in [-0.4, -0.2) is 23.7 Å². The minimum Gasteiger partial charge on any atom is -0.454 e. The molecule has 0 saturated carbocycles. The Hall–Kier alpha value is -2.85. The number of benzene rings is 2. The lowest BCUT2D eigenvalue weighted by Gasteiger charge is -2.17. The van der Waals surface area contributed by atoms with Crippen molar-refractivity contribution in [2.45, 2.75) is 13.1 Å². The van der Waals surface area contributed by atoms with E-state index < -0.39 is 0 Å². The summed E-state index contributed by atoms with van der Waals surface area (Å²) < 4.78 is 10.9. The first-order valence-electron chi connectivity index (χ1n) is 8.34. The molecule has 3 aromatic rings. The Bertz CT molecular complexity index is 865. The number of fused-ring (bicyclic) bond motifs is 1. The average Bonchev–Trinajstić information content (AvgIpc) is 3.10. The van der Waals surface area contributed by atoms with Crippen molar-refractivity contribution < 1.29 is 9.47 Å². The standard InChI is InChI=1S/C21H20N2O2/c1-23(14-17-5-3-9-22-12-17)13-16-4-2-6-18(10-16)19-7-8-20-21(11-19)25-15-24-20/h2-12H,13-15H2,1H3. The lowest BCUT2D eigenvalue weighted by Crippen LogP contribution is -2.17. The number of ether oxygens (including phenoxy) is 2. The molecule has 1 aliphatic rings. The second kappa shape index (κ2) is 6.95. The van der Waals surface area contributed by atoms with Gasteiger partial charge in [0.05, 0.1) is 0 Å². The number of nitrogens with zero attached hydrogens (tertiary/aromatic N) is 2. The Morgan fingerprint density at radius 1 is 0.880 bits per heavy atom. The Balaban J connectivity index is 1.49. The summed E-state index contributed by atoms with van der Waals surface area (Å²) in [6.07, 6.45) is 3.72. The minimum absolute atomic E-state index is 0.304. The molecule has 0 aliphatic carbocycles. The van der Waals surface area contributed by atoms with Gasteiger partial charge in [-0.15, -0.1) is 0 Å². The quantitative estimate of drug-likeness (QED) is 0.704. The van der Waals surface area contributed by atoms with Crippen molar-refractivity contribution >= 4 is 0 Å². The summed E-state index contributed by atoms with van der Waals surface area (Å²) in [4.78, 5) is 6.47. The van der Waals surface area contributed by atoms with Crippen LogP contribution in [0.5, 0.6) is 11.5 Å². The average molecular weight is 332 g/mol. The zero-order valence-corrected chi connectivity index (χ0v) is 14.2. The molecule has 0 amide bonds. The van der Waals surface area contributed by atoms with Crippen molar-refractivity contribution in [3.8, 4) is 22.6 Å². The van der Waals surface area contributed by atoms with Crippen LogP contribution in [-0.2, 0) is 13.1 Å². The molecule has 2 heterocycles. The van der Waals surface area contributed by atoms with E-state index in [0.29, 0.717) is 6.79 Å². The van der Waals surface area contributed by atoms with E-state index in [-0.39, 0.29) is 0 Å². The third-order valence-corrected chi connectivity index (χ3v) is 4.26. The van der Waals surface area contributed by atoms with Crippen molar-refractivity contribution in [1.82, 2.24) is 9.88 Å². The van der Waals surface area contributed by atoms with Gasteiger partial charge in [0.25, 0.3) is 0 Å². The van der Waals surface area contributed by atoms with E-state index in [9.17, 15) is 0 Å². The third kappa shape index (κ3) is 3.64. The number of pyridine rings is 1. The molecule has 0 saturated heterocycles. The van der Waals surface area contributed by atoms with Gasteiger partial charge in [0.1, 0.15) is 0 Å². The summed E-state index contributed by atoms with van der Waals surface area (Å²) in [6.45, 7) is 2.06. The maximum atomic E-state index is 5.49. The largest absolute Gasteiger partial charge is 0.454 e. The molecule has 0 unspecified atom stereocenters. The van der Waals surface area contributed by atoms with Crippen LogP contribution in [0.4, 0.5) is 0 Å². The second-order valence-corrected chi connectivity index (χ2v) is 6.30. The summed E-state index contributed by atoms with van der Waals surface area (Å²) in [5, 5.41) is 0. The molecule has 126 valence electrons. The molecule has 1 aromatic heterocycles. The van der Waals surface area contributed by atoms with E-state index in [4.69, 9.17) is 9.47 Å². The molecule has 4 heteroatoms. The molecule has 0 atom stereocenters. The third-order valence-electron chi connectivity index (χ3n) is 4.26. The van der Waals surface area contributed by atoms with Gasteiger partial charge in [-0.05, 0) is 53.6 Å². The first kappa shape index (κ1) is 15.7. The number of hydrogen-bond acceptors (Lipinski definition) is 4. The fraction of sp³-hybridized carbons (Fsp3) is 0.190. The van der Waals surface area contributed by atoms with Gasteiger partial charge in [0, 0.05) is 25.5 Å². The van der Waals surface area contributed by atoms with Gasteiger partial charge in [0.15, 0.2) is 11.5 Å². The highest BCUT2D eigenvalue weighted by molar-refractivity contribution is 5.68. The maximum Gasteiger partial charge on any atom is 0.231 e. The molecular weight excluding hydrogens is 312 g/mol. The van der Waals surface area contributed by atoms with Gasteiger partial charge < -0.3 is 9.47 Å². The Morgan fingerprint density at radius 2 is 1.68 bits per heavy atom. The van der Waals surface area contributed by atoms with Gasteiger partial charge in [-0.25, -0.2) is 0 Å². The van der Waals surface area contributed by atoms with Crippen molar-refractivity contribution in [3.63, 3.8) is 0 Å². The summed E-state index contributed by atoms with van der Waals surface area (Å²) in [7, 11) is 2.13. The highest BCUT2D eigenvalue weighted by Gasteiger charge is 2.14. The van der Waals surface area contributed by atoms with Crippen molar-refractivity contribution in [3.05, 3.63) is 78.1 Å². The highest BCUT2D eigenvalue weighted by atomic mass is 16.7. The van der Waals surface area contributed by atoms with Crippen molar-refractivity contribution in [2.75, 3.05) is 13.8 Å². The predicted molar refractivity (Wildman–Crippen MR) is 97.4 cm³/mol. The van der Waals surface area contributed by atoms with E-state index in [1.165, 1.54) is 16.7 Å². The van der Waals surface area contributed by atoms with Gasteiger partial charge in [-0.3, -0.25) is 9.88 Å². The lowest BCUT2D eigenvalue weighted by atomic mass is 10.0. The molecule has 0 fully saturated rings. The zero-order valence-electron chi connectivity index (χ0n) is 14.2. The van der Waals surface area contributed by atoms with Crippen LogP contribution in [0.3, 0.4) is 0 Å². The summed E-state index contributed by atoms with van der Waals surface area (Å²) in [6, 6.07) is 18.8. The number of aromatic nitrogens is 1. The maximum absolute atomic E-state index is 5.49. The fourth-order valence-corrected chi connectivity index (χ4v) is 3.10. The molecule has 0 bridgehead atoms. The Labute approximate surface area is 147 Å². The van der Waals surface area contributed by atoms with Crippen LogP contribution < -0.4 is 9.47 Å². The van der Waals surface area contributed by atoms with E-state index in [1.54, 1.807) is 6.20 Å². The molecule has 1 aliphatic heterocycles. The van der Waals surface area contributed by atoms with E-state index >= 15 is 0 Å². The number of rotatable bonds is 5. The SMILES string of the molecule is CN(Cc1cccnc1)Cc1cccc(-c2ccc3c(c2)OCO3)c1. The van der Waals surface area contributed by atoms with Crippen LogP contribution in [0.15, 0.2) is 67.0 Å². The second-order valence-electron chi connectivity index (χ2n) is 6.30. The zero-order chi connectivity index (χ0) is 17.1. The molecule has 25 heavy (non-hydrogen) atoms. The summed E-state index contributed by atoms with van der Waals surface area (Å²) in [5.74, 6) is 1.63. The molecule has 4 nitrogen and oxygen atoms in total. The van der Waals surface area contributed by atoms with Crippen molar-refractivity contribution in [1.29, 1.82) is 0 Å². The predicted octanol–water partition coefficient (Wildman–Crippen LogP) is 4.11. The first-order valence-corrected chi connectivity index (χ1v) is 8.34. The molecule has 0 spiro atoms. The van der Waals surface area contributed by atoms with E-state index in [2.05, 4.69) is 53.3 Å². The van der Waals surface area contributed by atoms with Gasteiger partial charge in [0.2, 0.25) is 6.79 Å². The molecule has 4 rings (SSSR count). The normalized spacial score (nSPS) is 12.6. The summed E-state index contributed by atoms with van der Waals surface area (Å²) in [5.41, 5.74) is 4.82.